The fourth-order valence-corrected chi connectivity index (χ4v) is 1.02. The molecule has 0 aliphatic carbocycles. The van der Waals surface area contributed by atoms with Crippen molar-refractivity contribution in [1.82, 2.24) is 0 Å². The molecule has 0 aliphatic rings. The van der Waals surface area contributed by atoms with Crippen molar-refractivity contribution >= 4 is 5.78 Å². The van der Waals surface area contributed by atoms with Crippen molar-refractivity contribution in [3.63, 3.8) is 0 Å². The number of aliphatic hydroxyl groups is 1. The normalized spacial score (nSPS) is 10.1. The van der Waals surface area contributed by atoms with E-state index < -0.39 is 0 Å². The molecule has 0 amide bonds. The summed E-state index contributed by atoms with van der Waals surface area (Å²) in [5.41, 5.74) is 0.532. The highest BCUT2D eigenvalue weighted by atomic mass is 19.1. The lowest BCUT2D eigenvalue weighted by atomic mass is 10.2. The summed E-state index contributed by atoms with van der Waals surface area (Å²) in [6.07, 6.45) is 0.0638. The molecule has 0 saturated heterocycles. The van der Waals surface area contributed by atoms with Crippen molar-refractivity contribution in [3.8, 4) is 5.75 Å². The second-order valence-electron chi connectivity index (χ2n) is 3.21. The number of hydrogen-bond donors (Lipinski definition) is 1. The Balaban J connectivity index is 2.51. The SMILES string of the molecule is Cc1ccc(OCC(=O)CCO)cc1F. The van der Waals surface area contributed by atoms with Gasteiger partial charge in [-0.05, 0) is 18.6 Å². The Morgan fingerprint density at radius 3 is 2.87 bits per heavy atom. The number of carbonyl (C=O) groups excluding carboxylic acids is 1. The van der Waals surface area contributed by atoms with Gasteiger partial charge in [-0.1, -0.05) is 6.07 Å². The van der Waals surface area contributed by atoms with Gasteiger partial charge in [0.05, 0.1) is 6.61 Å². The van der Waals surface area contributed by atoms with E-state index in [0.717, 1.165) is 0 Å². The molecule has 0 heterocycles. The van der Waals surface area contributed by atoms with Crippen LogP contribution in [0.5, 0.6) is 5.75 Å². The molecular formula is C11H13FO3. The zero-order chi connectivity index (χ0) is 11.3. The maximum absolute atomic E-state index is 13.0. The molecule has 0 bridgehead atoms. The number of hydrogen-bond acceptors (Lipinski definition) is 3. The first-order chi connectivity index (χ1) is 7.13. The van der Waals surface area contributed by atoms with E-state index in [0.29, 0.717) is 11.3 Å². The summed E-state index contributed by atoms with van der Waals surface area (Å²) >= 11 is 0. The summed E-state index contributed by atoms with van der Waals surface area (Å²) in [7, 11) is 0. The summed E-state index contributed by atoms with van der Waals surface area (Å²) in [4.78, 5) is 11.0. The topological polar surface area (TPSA) is 46.5 Å². The van der Waals surface area contributed by atoms with Gasteiger partial charge in [-0.25, -0.2) is 4.39 Å². The van der Waals surface area contributed by atoms with Gasteiger partial charge in [0.1, 0.15) is 18.2 Å². The minimum atomic E-state index is -0.359. The minimum absolute atomic E-state index is 0.0638. The zero-order valence-corrected chi connectivity index (χ0v) is 8.50. The Morgan fingerprint density at radius 2 is 2.27 bits per heavy atom. The number of aryl methyl sites for hydroxylation is 1. The Hall–Kier alpha value is -1.42. The minimum Gasteiger partial charge on any atom is -0.486 e. The van der Waals surface area contributed by atoms with E-state index in [-0.39, 0.29) is 31.2 Å². The predicted octanol–water partition coefficient (Wildman–Crippen LogP) is 1.46. The average molecular weight is 212 g/mol. The highest BCUT2D eigenvalue weighted by Gasteiger charge is 2.04. The van der Waals surface area contributed by atoms with Crippen LogP contribution in [0.4, 0.5) is 4.39 Å². The lowest BCUT2D eigenvalue weighted by Gasteiger charge is -2.05. The largest absolute Gasteiger partial charge is 0.486 e. The molecule has 1 rings (SSSR count). The second kappa shape index (κ2) is 5.46. The lowest BCUT2D eigenvalue weighted by molar-refractivity contribution is -0.121. The molecule has 0 fully saturated rings. The number of carbonyl (C=O) groups is 1. The highest BCUT2D eigenvalue weighted by molar-refractivity contribution is 5.79. The number of ketones is 1. The van der Waals surface area contributed by atoms with Crippen LogP contribution in [-0.2, 0) is 4.79 Å². The quantitative estimate of drug-likeness (QED) is 0.803. The smallest absolute Gasteiger partial charge is 0.172 e. The number of ether oxygens (including phenoxy) is 1. The summed E-state index contributed by atoms with van der Waals surface area (Å²) in [5, 5.41) is 8.48. The summed E-state index contributed by atoms with van der Waals surface area (Å²) in [6, 6.07) is 4.42. The van der Waals surface area contributed by atoms with E-state index >= 15 is 0 Å². The zero-order valence-electron chi connectivity index (χ0n) is 8.50. The van der Waals surface area contributed by atoms with Crippen LogP contribution >= 0.6 is 0 Å². The van der Waals surface area contributed by atoms with Gasteiger partial charge < -0.3 is 9.84 Å². The molecule has 4 heteroatoms. The van der Waals surface area contributed by atoms with E-state index in [1.165, 1.54) is 6.07 Å². The fraction of sp³-hybridized carbons (Fsp3) is 0.364. The van der Waals surface area contributed by atoms with E-state index in [2.05, 4.69) is 0 Å². The van der Waals surface area contributed by atoms with E-state index in [4.69, 9.17) is 9.84 Å². The number of halogens is 1. The molecule has 3 nitrogen and oxygen atoms in total. The van der Waals surface area contributed by atoms with Crippen LogP contribution < -0.4 is 4.74 Å². The molecule has 0 atom stereocenters. The van der Waals surface area contributed by atoms with E-state index in [1.54, 1.807) is 19.1 Å². The van der Waals surface area contributed by atoms with Crippen LogP contribution in [0.15, 0.2) is 18.2 Å². The van der Waals surface area contributed by atoms with Crippen molar-refractivity contribution in [2.45, 2.75) is 13.3 Å². The molecular weight excluding hydrogens is 199 g/mol. The predicted molar refractivity (Wildman–Crippen MR) is 53.3 cm³/mol. The standard InChI is InChI=1S/C11H13FO3/c1-8-2-3-10(6-11(8)12)15-7-9(14)4-5-13/h2-3,6,13H,4-5,7H2,1H3. The summed E-state index contributed by atoms with van der Waals surface area (Å²) < 4.78 is 18.1. The van der Waals surface area contributed by atoms with Gasteiger partial charge in [0.15, 0.2) is 5.78 Å². The van der Waals surface area contributed by atoms with Crippen molar-refractivity contribution in [3.05, 3.63) is 29.6 Å². The molecule has 0 unspecified atom stereocenters. The first-order valence-electron chi connectivity index (χ1n) is 4.65. The molecule has 0 aliphatic heterocycles. The summed E-state index contributed by atoms with van der Waals surface area (Å²) in [5.74, 6) is -0.245. The molecule has 15 heavy (non-hydrogen) atoms. The van der Waals surface area contributed by atoms with Gasteiger partial charge in [0, 0.05) is 12.5 Å². The monoisotopic (exact) mass is 212 g/mol. The van der Waals surface area contributed by atoms with Crippen molar-refractivity contribution in [1.29, 1.82) is 0 Å². The third-order valence-corrected chi connectivity index (χ3v) is 1.93. The van der Waals surface area contributed by atoms with E-state index in [1.807, 2.05) is 0 Å². The molecule has 1 aromatic rings. The molecule has 0 spiro atoms. The Kier molecular flexibility index (Phi) is 4.24. The molecule has 1 N–H and O–H groups in total. The van der Waals surface area contributed by atoms with Crippen LogP contribution in [0.3, 0.4) is 0 Å². The van der Waals surface area contributed by atoms with Crippen LogP contribution in [0.25, 0.3) is 0 Å². The number of aliphatic hydroxyl groups excluding tert-OH is 1. The number of rotatable bonds is 5. The average Bonchev–Trinajstić information content (AvgIpc) is 2.20. The van der Waals surface area contributed by atoms with Gasteiger partial charge >= 0.3 is 0 Å². The Morgan fingerprint density at radius 1 is 1.53 bits per heavy atom. The molecule has 1 aromatic carbocycles. The molecule has 0 saturated carbocycles. The Bertz CT molecular complexity index is 350. The van der Waals surface area contributed by atoms with Crippen LogP contribution in [0.1, 0.15) is 12.0 Å². The first-order valence-corrected chi connectivity index (χ1v) is 4.65. The van der Waals surface area contributed by atoms with Crippen LogP contribution in [0.2, 0.25) is 0 Å². The second-order valence-corrected chi connectivity index (χ2v) is 3.21. The van der Waals surface area contributed by atoms with Crippen molar-refractivity contribution in [2.24, 2.45) is 0 Å². The number of Topliss-reactive ketones (excluding diaryl/α,β-unsaturated/α-hetero) is 1. The Labute approximate surface area is 87.5 Å². The van der Waals surface area contributed by atoms with Gasteiger partial charge in [-0.3, -0.25) is 4.79 Å². The first kappa shape index (κ1) is 11.7. The van der Waals surface area contributed by atoms with Crippen LogP contribution in [-0.4, -0.2) is 24.1 Å². The van der Waals surface area contributed by atoms with Gasteiger partial charge in [-0.15, -0.1) is 0 Å². The highest BCUT2D eigenvalue weighted by Crippen LogP contribution is 2.15. The van der Waals surface area contributed by atoms with Gasteiger partial charge in [-0.2, -0.15) is 0 Å². The van der Waals surface area contributed by atoms with Crippen molar-refractivity contribution in [2.75, 3.05) is 13.2 Å². The molecule has 0 aromatic heterocycles. The maximum Gasteiger partial charge on any atom is 0.172 e. The third kappa shape index (κ3) is 3.67. The number of benzene rings is 1. The van der Waals surface area contributed by atoms with Crippen LogP contribution in [0, 0.1) is 12.7 Å². The molecule has 0 radical (unpaired) electrons. The van der Waals surface area contributed by atoms with Gasteiger partial charge in [0.25, 0.3) is 0 Å². The maximum atomic E-state index is 13.0. The fourth-order valence-electron chi connectivity index (χ4n) is 1.02. The molecule has 82 valence electrons. The van der Waals surface area contributed by atoms with Crippen molar-refractivity contribution < 1.29 is 19.0 Å². The third-order valence-electron chi connectivity index (χ3n) is 1.93. The van der Waals surface area contributed by atoms with E-state index in [9.17, 15) is 9.18 Å². The van der Waals surface area contributed by atoms with Gasteiger partial charge in [0.2, 0.25) is 0 Å². The summed E-state index contributed by atoms with van der Waals surface area (Å²) in [6.45, 7) is 1.32. The lowest BCUT2D eigenvalue weighted by Crippen LogP contribution is -2.12.